The van der Waals surface area contributed by atoms with E-state index in [1.165, 1.54) is 6.20 Å². The topological polar surface area (TPSA) is 125 Å². The Morgan fingerprint density at radius 2 is 2.20 bits per heavy atom. The zero-order chi connectivity index (χ0) is 14.9. The first-order chi connectivity index (χ1) is 9.33. The zero-order valence-corrected chi connectivity index (χ0v) is 11.7. The molecular weight excluding hydrogens is 308 g/mol. The lowest BCUT2D eigenvalue weighted by Gasteiger charge is -2.10. The van der Waals surface area contributed by atoms with Gasteiger partial charge in [-0.2, -0.15) is 13.5 Å². The molecule has 106 valence electrons. The molecule has 0 bridgehead atoms. The molecule has 0 aromatic carbocycles. The molecule has 0 saturated carbocycles. The quantitative estimate of drug-likeness (QED) is 0.729. The van der Waals surface area contributed by atoms with Gasteiger partial charge < -0.3 is 5.11 Å². The Labute approximate surface area is 118 Å². The average molecular weight is 317 g/mol. The number of aryl methyl sites for hydroxylation is 1. The predicted octanol–water partition coefficient (Wildman–Crippen LogP) is 1.27. The lowest BCUT2D eigenvalue weighted by molar-refractivity contribution is 0.0692. The van der Waals surface area contributed by atoms with Crippen LogP contribution in [0.15, 0.2) is 23.5 Å². The van der Waals surface area contributed by atoms with Crippen molar-refractivity contribution in [3.63, 3.8) is 0 Å². The van der Waals surface area contributed by atoms with Gasteiger partial charge in [0.1, 0.15) is 5.56 Å². The third kappa shape index (κ3) is 2.58. The molecule has 0 atom stereocenters. The summed E-state index contributed by atoms with van der Waals surface area (Å²) in [7, 11) is -4.16. The van der Waals surface area contributed by atoms with Crippen LogP contribution in [0, 0.1) is 6.92 Å². The number of carbonyl (C=O) groups is 1. The third-order valence-corrected chi connectivity index (χ3v) is 4.06. The molecule has 8 nitrogen and oxygen atoms in total. The summed E-state index contributed by atoms with van der Waals surface area (Å²) in [6.07, 6.45) is 2.34. The summed E-state index contributed by atoms with van der Waals surface area (Å²) < 4.78 is 26.5. The molecule has 0 amide bonds. The van der Waals surface area contributed by atoms with Crippen molar-refractivity contribution in [2.75, 3.05) is 4.72 Å². The maximum absolute atomic E-state index is 12.2. The summed E-state index contributed by atoms with van der Waals surface area (Å²) >= 11 is 5.82. The molecule has 0 aliphatic rings. The standard InChI is InChI=1S/C10H9ClN4O4S/c1-5-2-3-12-8(11)7(5)15-20(18,19)9-6(10(16)17)4-13-14-9/h2-4,15H,1H3,(H,13,14)(H,16,17). The van der Waals surface area contributed by atoms with Crippen LogP contribution in [0.2, 0.25) is 5.15 Å². The normalized spacial score (nSPS) is 11.3. The van der Waals surface area contributed by atoms with E-state index in [2.05, 4.69) is 19.9 Å². The smallest absolute Gasteiger partial charge is 0.340 e. The van der Waals surface area contributed by atoms with Gasteiger partial charge in [-0.15, -0.1) is 0 Å². The SMILES string of the molecule is Cc1ccnc(Cl)c1NS(=O)(=O)c1[nH]ncc1C(=O)O. The van der Waals surface area contributed by atoms with Crippen LogP contribution in [0.3, 0.4) is 0 Å². The second-order valence-electron chi connectivity index (χ2n) is 3.82. The molecule has 0 unspecified atom stereocenters. The number of anilines is 1. The molecule has 0 aliphatic carbocycles. The van der Waals surface area contributed by atoms with E-state index in [1.54, 1.807) is 13.0 Å². The predicted molar refractivity (Wildman–Crippen MR) is 70.3 cm³/mol. The highest BCUT2D eigenvalue weighted by atomic mass is 35.5. The summed E-state index contributed by atoms with van der Waals surface area (Å²) in [6.45, 7) is 1.64. The van der Waals surface area contributed by atoms with Crippen LogP contribution in [0.4, 0.5) is 5.69 Å². The molecule has 0 aliphatic heterocycles. The summed E-state index contributed by atoms with van der Waals surface area (Å²) in [5, 5.41) is 13.9. The van der Waals surface area contributed by atoms with E-state index in [9.17, 15) is 13.2 Å². The Morgan fingerprint density at radius 1 is 1.50 bits per heavy atom. The molecular formula is C10H9ClN4O4S. The molecule has 3 N–H and O–H groups in total. The van der Waals surface area contributed by atoms with Gasteiger partial charge in [0, 0.05) is 6.20 Å². The van der Waals surface area contributed by atoms with E-state index in [1.807, 2.05) is 0 Å². The number of H-pyrrole nitrogens is 1. The van der Waals surface area contributed by atoms with Crippen LogP contribution in [-0.2, 0) is 10.0 Å². The number of carboxylic acid groups (broad SMARTS) is 1. The Kier molecular flexibility index (Phi) is 3.64. The molecule has 0 fully saturated rings. The van der Waals surface area contributed by atoms with E-state index in [-0.39, 0.29) is 10.8 Å². The zero-order valence-electron chi connectivity index (χ0n) is 10.1. The van der Waals surface area contributed by atoms with E-state index in [4.69, 9.17) is 16.7 Å². The second kappa shape index (κ2) is 5.10. The van der Waals surface area contributed by atoms with E-state index >= 15 is 0 Å². The number of pyridine rings is 1. The van der Waals surface area contributed by atoms with Crippen molar-refractivity contribution < 1.29 is 18.3 Å². The molecule has 2 rings (SSSR count). The van der Waals surface area contributed by atoms with Crippen molar-refractivity contribution in [1.82, 2.24) is 15.2 Å². The molecule has 10 heteroatoms. The summed E-state index contributed by atoms with van der Waals surface area (Å²) in [5.74, 6) is -1.41. The highest BCUT2D eigenvalue weighted by molar-refractivity contribution is 7.92. The largest absolute Gasteiger partial charge is 0.478 e. The molecule has 2 aromatic heterocycles. The average Bonchev–Trinajstić information content (AvgIpc) is 2.84. The summed E-state index contributed by atoms with van der Waals surface area (Å²) in [4.78, 5) is 14.7. The monoisotopic (exact) mass is 316 g/mol. The fourth-order valence-corrected chi connectivity index (χ4v) is 3.00. The molecule has 0 spiro atoms. The van der Waals surface area contributed by atoms with Crippen molar-refractivity contribution >= 4 is 33.3 Å². The van der Waals surface area contributed by atoms with Crippen LogP contribution in [0.5, 0.6) is 0 Å². The summed E-state index contributed by atoms with van der Waals surface area (Å²) in [6, 6.07) is 1.56. The Balaban J connectivity index is 2.47. The number of nitrogens with zero attached hydrogens (tertiary/aromatic N) is 2. The van der Waals surface area contributed by atoms with Crippen LogP contribution < -0.4 is 4.72 Å². The van der Waals surface area contributed by atoms with E-state index in [0.29, 0.717) is 5.56 Å². The molecule has 0 radical (unpaired) electrons. The van der Waals surface area contributed by atoms with Gasteiger partial charge >= 0.3 is 5.97 Å². The van der Waals surface area contributed by atoms with Crippen molar-refractivity contribution in [1.29, 1.82) is 0 Å². The van der Waals surface area contributed by atoms with Gasteiger partial charge in [0.05, 0.1) is 11.9 Å². The highest BCUT2D eigenvalue weighted by Crippen LogP contribution is 2.26. The van der Waals surface area contributed by atoms with Crippen LogP contribution in [0.25, 0.3) is 0 Å². The number of rotatable bonds is 4. The lowest BCUT2D eigenvalue weighted by Crippen LogP contribution is -2.17. The molecule has 2 aromatic rings. The number of sulfonamides is 1. The Bertz CT molecular complexity index is 751. The van der Waals surface area contributed by atoms with Gasteiger partial charge in [0.25, 0.3) is 10.0 Å². The Hall–Kier alpha value is -2.13. The van der Waals surface area contributed by atoms with Crippen LogP contribution in [0.1, 0.15) is 15.9 Å². The van der Waals surface area contributed by atoms with Gasteiger partial charge in [-0.05, 0) is 18.6 Å². The van der Waals surface area contributed by atoms with E-state index < -0.39 is 26.6 Å². The number of aromatic nitrogens is 3. The maximum atomic E-state index is 12.2. The number of aromatic amines is 1. The molecule has 20 heavy (non-hydrogen) atoms. The first kappa shape index (κ1) is 14.3. The number of hydrogen-bond donors (Lipinski definition) is 3. The van der Waals surface area contributed by atoms with Crippen LogP contribution in [-0.4, -0.2) is 34.7 Å². The number of nitrogens with one attached hydrogen (secondary N) is 2. The number of halogens is 1. The minimum atomic E-state index is -4.16. The van der Waals surface area contributed by atoms with Crippen molar-refractivity contribution in [3.8, 4) is 0 Å². The number of carboxylic acids is 1. The van der Waals surface area contributed by atoms with Gasteiger partial charge in [-0.25, -0.2) is 9.78 Å². The van der Waals surface area contributed by atoms with E-state index in [0.717, 1.165) is 6.20 Å². The molecule has 0 saturated heterocycles. The van der Waals surface area contributed by atoms with Gasteiger partial charge in [-0.3, -0.25) is 9.82 Å². The fraction of sp³-hybridized carbons (Fsp3) is 0.100. The highest BCUT2D eigenvalue weighted by Gasteiger charge is 2.26. The van der Waals surface area contributed by atoms with Crippen LogP contribution >= 0.6 is 11.6 Å². The second-order valence-corrected chi connectivity index (χ2v) is 5.79. The van der Waals surface area contributed by atoms with Gasteiger partial charge in [-0.1, -0.05) is 11.6 Å². The maximum Gasteiger partial charge on any atom is 0.340 e. The third-order valence-electron chi connectivity index (χ3n) is 2.45. The van der Waals surface area contributed by atoms with Crippen molar-refractivity contribution in [2.45, 2.75) is 11.9 Å². The lowest BCUT2D eigenvalue weighted by atomic mass is 10.3. The summed E-state index contributed by atoms with van der Waals surface area (Å²) in [5.41, 5.74) is 0.167. The first-order valence-electron chi connectivity index (χ1n) is 5.23. The first-order valence-corrected chi connectivity index (χ1v) is 7.09. The number of aromatic carboxylic acids is 1. The number of hydrogen-bond acceptors (Lipinski definition) is 5. The Morgan fingerprint density at radius 3 is 2.80 bits per heavy atom. The fourth-order valence-electron chi connectivity index (χ4n) is 1.46. The minimum absolute atomic E-state index is 0.0371. The molecule has 2 heterocycles. The van der Waals surface area contributed by atoms with Crippen molar-refractivity contribution in [2.24, 2.45) is 0 Å². The van der Waals surface area contributed by atoms with Gasteiger partial charge in [0.2, 0.25) is 0 Å². The van der Waals surface area contributed by atoms with Gasteiger partial charge in [0.15, 0.2) is 10.2 Å². The minimum Gasteiger partial charge on any atom is -0.478 e. The van der Waals surface area contributed by atoms with Crippen molar-refractivity contribution in [3.05, 3.63) is 34.7 Å².